The summed E-state index contributed by atoms with van der Waals surface area (Å²) >= 11 is 0. The molecule has 1 aliphatic rings. The van der Waals surface area contributed by atoms with Crippen LogP contribution in [0.15, 0.2) is 29.0 Å². The smallest absolute Gasteiger partial charge is 0.227 e. The molecule has 5 heteroatoms. The summed E-state index contributed by atoms with van der Waals surface area (Å²) in [7, 11) is 0. The van der Waals surface area contributed by atoms with Crippen LogP contribution in [-0.2, 0) is 12.8 Å². The Morgan fingerprint density at radius 3 is 2.82 bits per heavy atom. The molecule has 0 aromatic carbocycles. The van der Waals surface area contributed by atoms with E-state index in [4.69, 9.17) is 4.52 Å². The molecule has 88 valence electrons. The third-order valence-corrected chi connectivity index (χ3v) is 2.95. The quantitative estimate of drug-likeness (QED) is 0.842. The second kappa shape index (κ2) is 4.63. The maximum atomic E-state index is 5.24. The molecule has 3 heterocycles. The van der Waals surface area contributed by atoms with E-state index < -0.39 is 0 Å². The van der Waals surface area contributed by atoms with Crippen molar-refractivity contribution in [1.29, 1.82) is 0 Å². The van der Waals surface area contributed by atoms with Gasteiger partial charge in [-0.3, -0.25) is 4.98 Å². The molecule has 3 rings (SSSR count). The fourth-order valence-electron chi connectivity index (χ4n) is 1.87. The lowest BCUT2D eigenvalue weighted by Crippen LogP contribution is -2.43. The minimum Gasteiger partial charge on any atom is -0.339 e. The minimum absolute atomic E-state index is 0.657. The lowest BCUT2D eigenvalue weighted by Gasteiger charge is -2.25. The molecule has 5 nitrogen and oxygen atoms in total. The predicted molar refractivity (Wildman–Crippen MR) is 61.4 cm³/mol. The standard InChI is InChI=1S/C12H14N4O/c1-3-13-4-2-9(1)5-11-15-12(17-16-11)6-10-7-14-8-10/h1-4,10,14H,5-8H2. The first kappa shape index (κ1) is 10.4. The molecular weight excluding hydrogens is 216 g/mol. The number of hydrogen-bond acceptors (Lipinski definition) is 5. The van der Waals surface area contributed by atoms with E-state index in [9.17, 15) is 0 Å². The number of rotatable bonds is 4. The van der Waals surface area contributed by atoms with Crippen LogP contribution in [-0.4, -0.2) is 28.2 Å². The Morgan fingerprint density at radius 1 is 1.29 bits per heavy atom. The monoisotopic (exact) mass is 230 g/mol. The Hall–Kier alpha value is -1.75. The predicted octanol–water partition coefficient (Wildman–Crippen LogP) is 0.817. The first-order chi connectivity index (χ1) is 8.40. The Balaban J connectivity index is 1.64. The molecule has 1 fully saturated rings. The molecule has 1 N–H and O–H groups in total. The van der Waals surface area contributed by atoms with E-state index in [0.29, 0.717) is 12.3 Å². The molecule has 0 radical (unpaired) electrons. The zero-order chi connectivity index (χ0) is 11.5. The van der Waals surface area contributed by atoms with Gasteiger partial charge in [0.2, 0.25) is 5.89 Å². The summed E-state index contributed by atoms with van der Waals surface area (Å²) in [5.41, 5.74) is 1.15. The van der Waals surface area contributed by atoms with Crippen molar-refractivity contribution in [3.8, 4) is 0 Å². The number of aromatic nitrogens is 3. The summed E-state index contributed by atoms with van der Waals surface area (Å²) in [6.45, 7) is 2.12. The molecule has 0 atom stereocenters. The van der Waals surface area contributed by atoms with Gasteiger partial charge < -0.3 is 9.84 Å². The summed E-state index contributed by atoms with van der Waals surface area (Å²) in [4.78, 5) is 8.38. The second-order valence-corrected chi connectivity index (χ2v) is 4.36. The van der Waals surface area contributed by atoms with Gasteiger partial charge in [0.1, 0.15) is 0 Å². The fourth-order valence-corrected chi connectivity index (χ4v) is 1.87. The van der Waals surface area contributed by atoms with Gasteiger partial charge >= 0.3 is 0 Å². The molecular formula is C12H14N4O. The highest BCUT2D eigenvalue weighted by molar-refractivity contribution is 5.14. The molecule has 0 amide bonds. The average molecular weight is 230 g/mol. The summed E-state index contributed by atoms with van der Waals surface area (Å²) in [5.74, 6) is 2.16. The summed E-state index contributed by atoms with van der Waals surface area (Å²) in [6, 6.07) is 3.93. The number of nitrogens with zero attached hydrogens (tertiary/aromatic N) is 3. The Bertz CT molecular complexity index is 478. The number of nitrogens with one attached hydrogen (secondary N) is 1. The summed E-state index contributed by atoms with van der Waals surface area (Å²) in [5, 5.41) is 7.23. The second-order valence-electron chi connectivity index (χ2n) is 4.36. The first-order valence-electron chi connectivity index (χ1n) is 5.81. The minimum atomic E-state index is 0.657. The summed E-state index contributed by atoms with van der Waals surface area (Å²) in [6.07, 6.45) is 5.14. The van der Waals surface area contributed by atoms with E-state index >= 15 is 0 Å². The molecule has 0 unspecified atom stereocenters. The van der Waals surface area contributed by atoms with Crippen LogP contribution in [0.25, 0.3) is 0 Å². The highest BCUT2D eigenvalue weighted by Crippen LogP contribution is 2.12. The Labute approximate surface area is 99.3 Å². The van der Waals surface area contributed by atoms with Crippen molar-refractivity contribution in [2.24, 2.45) is 5.92 Å². The van der Waals surface area contributed by atoms with Crippen LogP contribution >= 0.6 is 0 Å². The fraction of sp³-hybridized carbons (Fsp3) is 0.417. The molecule has 2 aromatic heterocycles. The van der Waals surface area contributed by atoms with Gasteiger partial charge in [0.05, 0.1) is 0 Å². The van der Waals surface area contributed by atoms with E-state index in [1.807, 2.05) is 12.1 Å². The van der Waals surface area contributed by atoms with Gasteiger partial charge in [-0.1, -0.05) is 5.16 Å². The zero-order valence-electron chi connectivity index (χ0n) is 9.47. The normalized spacial score (nSPS) is 15.8. The van der Waals surface area contributed by atoms with Crippen molar-refractivity contribution in [1.82, 2.24) is 20.4 Å². The van der Waals surface area contributed by atoms with Gasteiger partial charge in [-0.05, 0) is 36.7 Å². The van der Waals surface area contributed by atoms with Crippen molar-refractivity contribution in [3.63, 3.8) is 0 Å². The molecule has 0 bridgehead atoms. The van der Waals surface area contributed by atoms with Crippen molar-refractivity contribution >= 4 is 0 Å². The van der Waals surface area contributed by atoms with E-state index in [1.165, 1.54) is 0 Å². The maximum Gasteiger partial charge on any atom is 0.227 e. The van der Waals surface area contributed by atoms with Crippen LogP contribution in [0.2, 0.25) is 0 Å². The lowest BCUT2D eigenvalue weighted by atomic mass is 10.00. The van der Waals surface area contributed by atoms with Crippen molar-refractivity contribution < 1.29 is 4.52 Å². The van der Waals surface area contributed by atoms with Crippen LogP contribution in [0.5, 0.6) is 0 Å². The highest BCUT2D eigenvalue weighted by atomic mass is 16.5. The molecule has 1 aliphatic heterocycles. The average Bonchev–Trinajstić information content (AvgIpc) is 2.73. The van der Waals surface area contributed by atoms with Crippen LogP contribution in [0, 0.1) is 5.92 Å². The van der Waals surface area contributed by atoms with E-state index in [1.54, 1.807) is 12.4 Å². The van der Waals surface area contributed by atoms with Crippen molar-refractivity contribution in [2.45, 2.75) is 12.8 Å². The van der Waals surface area contributed by atoms with Gasteiger partial charge in [-0.2, -0.15) is 4.98 Å². The number of pyridine rings is 1. The maximum absolute atomic E-state index is 5.24. The van der Waals surface area contributed by atoms with Gasteiger partial charge in [-0.15, -0.1) is 0 Å². The Morgan fingerprint density at radius 2 is 2.12 bits per heavy atom. The third kappa shape index (κ3) is 2.50. The lowest BCUT2D eigenvalue weighted by molar-refractivity contribution is 0.295. The van der Waals surface area contributed by atoms with E-state index in [0.717, 1.165) is 36.8 Å². The highest BCUT2D eigenvalue weighted by Gasteiger charge is 2.20. The van der Waals surface area contributed by atoms with Gasteiger partial charge in [0, 0.05) is 25.2 Å². The van der Waals surface area contributed by atoms with Crippen LogP contribution in [0.4, 0.5) is 0 Å². The van der Waals surface area contributed by atoms with Gasteiger partial charge in [0.25, 0.3) is 0 Å². The molecule has 0 saturated carbocycles. The van der Waals surface area contributed by atoms with Gasteiger partial charge in [0.15, 0.2) is 5.82 Å². The molecule has 0 aliphatic carbocycles. The van der Waals surface area contributed by atoms with Crippen LogP contribution in [0.3, 0.4) is 0 Å². The van der Waals surface area contributed by atoms with Crippen molar-refractivity contribution in [3.05, 3.63) is 41.8 Å². The molecule has 1 saturated heterocycles. The van der Waals surface area contributed by atoms with E-state index in [2.05, 4.69) is 20.4 Å². The molecule has 2 aromatic rings. The summed E-state index contributed by atoms with van der Waals surface area (Å²) < 4.78 is 5.24. The van der Waals surface area contributed by atoms with Crippen LogP contribution in [0.1, 0.15) is 17.3 Å². The van der Waals surface area contributed by atoms with Crippen LogP contribution < -0.4 is 5.32 Å². The topological polar surface area (TPSA) is 63.8 Å². The van der Waals surface area contributed by atoms with E-state index in [-0.39, 0.29) is 0 Å². The molecule has 17 heavy (non-hydrogen) atoms. The number of hydrogen-bond donors (Lipinski definition) is 1. The first-order valence-corrected chi connectivity index (χ1v) is 5.81. The Kier molecular flexibility index (Phi) is 2.83. The van der Waals surface area contributed by atoms with Gasteiger partial charge in [-0.25, -0.2) is 0 Å². The SMILES string of the molecule is c1cc(Cc2noc(CC3CNC3)n2)ccn1. The van der Waals surface area contributed by atoms with Crippen molar-refractivity contribution in [2.75, 3.05) is 13.1 Å². The molecule has 0 spiro atoms. The largest absolute Gasteiger partial charge is 0.339 e. The zero-order valence-corrected chi connectivity index (χ0v) is 9.47. The third-order valence-electron chi connectivity index (χ3n) is 2.95.